The first-order valence-corrected chi connectivity index (χ1v) is 6.69. The van der Waals surface area contributed by atoms with E-state index in [0.29, 0.717) is 17.0 Å². The van der Waals surface area contributed by atoms with E-state index in [1.165, 1.54) is 12.1 Å². The van der Waals surface area contributed by atoms with Gasteiger partial charge in [0.1, 0.15) is 11.6 Å². The molecule has 0 radical (unpaired) electrons. The summed E-state index contributed by atoms with van der Waals surface area (Å²) in [7, 11) is 0. The van der Waals surface area contributed by atoms with Crippen LogP contribution in [-0.2, 0) is 6.42 Å². The molecular weight excluding hydrogens is 322 g/mol. The van der Waals surface area contributed by atoms with E-state index in [1.807, 2.05) is 18.2 Å². The van der Waals surface area contributed by atoms with Gasteiger partial charge in [0.2, 0.25) is 0 Å². The summed E-state index contributed by atoms with van der Waals surface area (Å²) in [5.41, 5.74) is 1.35. The maximum Gasteiger partial charge on any atom is 0.129 e. The first kappa shape index (κ1) is 13.5. The van der Waals surface area contributed by atoms with Crippen LogP contribution in [0.4, 0.5) is 8.78 Å². The van der Waals surface area contributed by atoms with Crippen molar-refractivity contribution in [2.45, 2.75) is 11.2 Å². The van der Waals surface area contributed by atoms with Crippen molar-refractivity contribution in [3.05, 3.63) is 70.2 Å². The first-order chi connectivity index (χ1) is 8.58. The molecule has 2 rings (SSSR count). The zero-order valence-electron chi connectivity index (χ0n) is 9.34. The predicted molar refractivity (Wildman–Crippen MR) is 73.2 cm³/mol. The molecule has 1 atom stereocenters. The lowest BCUT2D eigenvalue weighted by atomic mass is 10.0. The van der Waals surface area contributed by atoms with Crippen LogP contribution in [-0.4, -0.2) is 0 Å². The Kier molecular flexibility index (Phi) is 4.36. The van der Waals surface area contributed by atoms with Crippen molar-refractivity contribution in [2.75, 3.05) is 0 Å². The highest BCUT2D eigenvalue weighted by Gasteiger charge is 2.14. The fourth-order valence-corrected chi connectivity index (χ4v) is 2.87. The fourth-order valence-electron chi connectivity index (χ4n) is 1.72. The molecule has 0 aliphatic carbocycles. The smallest absolute Gasteiger partial charge is 0.129 e. The second-order valence-corrected chi connectivity index (χ2v) is 5.44. The Bertz CT molecular complexity index is 557. The molecule has 0 N–H and O–H groups in total. The molecule has 0 amide bonds. The highest BCUT2D eigenvalue weighted by atomic mass is 79.9. The third-order valence-electron chi connectivity index (χ3n) is 2.66. The van der Waals surface area contributed by atoms with E-state index in [2.05, 4.69) is 15.9 Å². The van der Waals surface area contributed by atoms with E-state index in [9.17, 15) is 8.78 Å². The van der Waals surface area contributed by atoms with Gasteiger partial charge >= 0.3 is 0 Å². The average Bonchev–Trinajstić information content (AvgIpc) is 2.33. The Morgan fingerprint density at radius 1 is 1.11 bits per heavy atom. The Morgan fingerprint density at radius 2 is 1.83 bits per heavy atom. The van der Waals surface area contributed by atoms with Gasteiger partial charge in [0.25, 0.3) is 0 Å². The molecule has 0 saturated carbocycles. The molecule has 0 heterocycles. The van der Waals surface area contributed by atoms with Crippen LogP contribution in [0.3, 0.4) is 0 Å². The highest BCUT2D eigenvalue weighted by Crippen LogP contribution is 2.32. The minimum atomic E-state index is -0.569. The van der Waals surface area contributed by atoms with E-state index in [0.717, 1.165) is 11.6 Å². The van der Waals surface area contributed by atoms with Crippen LogP contribution < -0.4 is 0 Å². The maximum atomic E-state index is 13.5. The van der Waals surface area contributed by atoms with Gasteiger partial charge in [-0.2, -0.15) is 0 Å². The van der Waals surface area contributed by atoms with Crippen LogP contribution in [0.25, 0.3) is 0 Å². The van der Waals surface area contributed by atoms with Crippen molar-refractivity contribution in [2.24, 2.45) is 0 Å². The van der Waals surface area contributed by atoms with Crippen LogP contribution in [0.2, 0.25) is 5.02 Å². The van der Waals surface area contributed by atoms with Gasteiger partial charge in [-0.1, -0.05) is 51.8 Å². The van der Waals surface area contributed by atoms with Crippen molar-refractivity contribution >= 4 is 27.5 Å². The second-order valence-electron chi connectivity index (χ2n) is 3.93. The third kappa shape index (κ3) is 3.09. The number of alkyl halides is 1. The van der Waals surface area contributed by atoms with Crippen molar-refractivity contribution in [1.82, 2.24) is 0 Å². The van der Waals surface area contributed by atoms with Crippen LogP contribution in [0.15, 0.2) is 42.5 Å². The van der Waals surface area contributed by atoms with Gasteiger partial charge in [-0.25, -0.2) is 8.78 Å². The summed E-state index contributed by atoms with van der Waals surface area (Å²) < 4.78 is 26.3. The molecule has 0 bridgehead atoms. The number of hydrogen-bond acceptors (Lipinski definition) is 0. The van der Waals surface area contributed by atoms with Gasteiger partial charge in [-0.3, -0.25) is 0 Å². The summed E-state index contributed by atoms with van der Waals surface area (Å²) >= 11 is 9.55. The molecule has 4 heteroatoms. The van der Waals surface area contributed by atoms with Crippen molar-refractivity contribution in [3.63, 3.8) is 0 Å². The van der Waals surface area contributed by atoms with Crippen molar-refractivity contribution in [1.29, 1.82) is 0 Å². The summed E-state index contributed by atoms with van der Waals surface area (Å²) in [6, 6.07) is 11.0. The summed E-state index contributed by atoms with van der Waals surface area (Å²) in [5.74, 6) is -1.10. The van der Waals surface area contributed by atoms with Crippen LogP contribution in [0.1, 0.15) is 16.0 Å². The predicted octanol–water partition coefficient (Wildman–Crippen LogP) is 5.30. The lowest BCUT2D eigenvalue weighted by Crippen LogP contribution is -1.99. The minimum Gasteiger partial charge on any atom is -0.207 e. The molecule has 0 aliphatic rings. The standard InChI is InChI=1S/C14H10BrClF2/c15-12(11-3-1-2-4-13(11)16)7-9-5-6-10(17)8-14(9)18/h1-6,8,12H,7H2. The molecule has 2 aromatic rings. The lowest BCUT2D eigenvalue weighted by Gasteiger charge is -2.12. The summed E-state index contributed by atoms with van der Waals surface area (Å²) in [6.07, 6.45) is 0.413. The molecule has 94 valence electrons. The molecule has 0 fully saturated rings. The van der Waals surface area contributed by atoms with Gasteiger partial charge in [-0.15, -0.1) is 0 Å². The van der Waals surface area contributed by atoms with E-state index in [-0.39, 0.29) is 4.83 Å². The zero-order chi connectivity index (χ0) is 13.1. The number of hydrogen-bond donors (Lipinski definition) is 0. The molecule has 1 unspecified atom stereocenters. The third-order valence-corrected chi connectivity index (χ3v) is 3.82. The number of benzene rings is 2. The normalized spacial score (nSPS) is 12.4. The summed E-state index contributed by atoms with van der Waals surface area (Å²) in [6.45, 7) is 0. The number of rotatable bonds is 3. The quantitative estimate of drug-likeness (QED) is 0.670. The van der Waals surface area contributed by atoms with Gasteiger partial charge in [0.15, 0.2) is 0 Å². The lowest BCUT2D eigenvalue weighted by molar-refractivity contribution is 0.571. The largest absolute Gasteiger partial charge is 0.207 e. The van der Waals surface area contributed by atoms with Crippen LogP contribution in [0, 0.1) is 11.6 Å². The van der Waals surface area contributed by atoms with Crippen molar-refractivity contribution in [3.8, 4) is 0 Å². The van der Waals surface area contributed by atoms with Gasteiger partial charge in [0, 0.05) is 15.9 Å². The van der Waals surface area contributed by atoms with Crippen LogP contribution in [0.5, 0.6) is 0 Å². The van der Waals surface area contributed by atoms with E-state index >= 15 is 0 Å². The van der Waals surface area contributed by atoms with Crippen molar-refractivity contribution < 1.29 is 8.78 Å². The summed E-state index contributed by atoms with van der Waals surface area (Å²) in [5, 5.41) is 0.627. The Morgan fingerprint density at radius 3 is 2.50 bits per heavy atom. The summed E-state index contributed by atoms with van der Waals surface area (Å²) in [4.78, 5) is -0.105. The topological polar surface area (TPSA) is 0 Å². The van der Waals surface area contributed by atoms with Gasteiger partial charge < -0.3 is 0 Å². The maximum absolute atomic E-state index is 13.5. The fraction of sp³-hybridized carbons (Fsp3) is 0.143. The van der Waals surface area contributed by atoms with E-state index in [1.54, 1.807) is 6.07 Å². The second kappa shape index (κ2) is 5.81. The first-order valence-electron chi connectivity index (χ1n) is 5.40. The Hall–Kier alpha value is -0.930. The SMILES string of the molecule is Fc1ccc(CC(Br)c2ccccc2Cl)c(F)c1. The number of halogens is 4. The minimum absolute atomic E-state index is 0.105. The molecule has 2 aromatic carbocycles. The molecular formula is C14H10BrClF2. The average molecular weight is 332 g/mol. The Labute approximate surface area is 118 Å². The molecule has 18 heavy (non-hydrogen) atoms. The van der Waals surface area contributed by atoms with Gasteiger partial charge in [0.05, 0.1) is 0 Å². The van der Waals surface area contributed by atoms with Crippen LogP contribution >= 0.6 is 27.5 Å². The van der Waals surface area contributed by atoms with Gasteiger partial charge in [-0.05, 0) is 29.7 Å². The molecule has 0 spiro atoms. The Balaban J connectivity index is 2.21. The highest BCUT2D eigenvalue weighted by molar-refractivity contribution is 9.09. The zero-order valence-corrected chi connectivity index (χ0v) is 11.7. The molecule has 0 nitrogen and oxygen atoms in total. The van der Waals surface area contributed by atoms with E-state index < -0.39 is 11.6 Å². The molecule has 0 aromatic heterocycles. The molecule has 0 aliphatic heterocycles. The molecule has 0 saturated heterocycles. The monoisotopic (exact) mass is 330 g/mol. The van der Waals surface area contributed by atoms with E-state index in [4.69, 9.17) is 11.6 Å².